The third kappa shape index (κ3) is 8.08. The summed E-state index contributed by atoms with van der Waals surface area (Å²) in [6.45, 7) is 1.80. The second-order valence-electron chi connectivity index (χ2n) is 11.4. The first kappa shape index (κ1) is 32.6. The molecule has 0 saturated carbocycles. The molecule has 0 aliphatic heterocycles. The van der Waals surface area contributed by atoms with Crippen molar-refractivity contribution in [1.82, 2.24) is 4.90 Å². The van der Waals surface area contributed by atoms with E-state index in [0.29, 0.717) is 31.7 Å². The molecule has 0 bridgehead atoms. The number of hydrogen-bond acceptors (Lipinski definition) is 4. The van der Waals surface area contributed by atoms with Gasteiger partial charge in [0.15, 0.2) is 0 Å². The van der Waals surface area contributed by atoms with Crippen LogP contribution in [0.3, 0.4) is 0 Å². The molecule has 4 aromatic carbocycles. The summed E-state index contributed by atoms with van der Waals surface area (Å²) in [5, 5.41) is -0.265. The van der Waals surface area contributed by atoms with Crippen LogP contribution in [0.2, 0.25) is 5.02 Å². The van der Waals surface area contributed by atoms with Gasteiger partial charge >= 0.3 is 12.1 Å². The molecule has 0 radical (unpaired) electrons. The van der Waals surface area contributed by atoms with Crippen molar-refractivity contribution < 1.29 is 27.4 Å². The van der Waals surface area contributed by atoms with E-state index in [4.69, 9.17) is 21.1 Å². The number of fused-ring (bicyclic) bond motifs is 1. The van der Waals surface area contributed by atoms with Gasteiger partial charge in [-0.05, 0) is 65.6 Å². The highest BCUT2D eigenvalue weighted by Gasteiger charge is 2.34. The van der Waals surface area contributed by atoms with Gasteiger partial charge in [-0.25, -0.2) is 0 Å². The summed E-state index contributed by atoms with van der Waals surface area (Å²) in [6, 6.07) is 30.2. The molecule has 4 aromatic rings. The van der Waals surface area contributed by atoms with Crippen LogP contribution in [-0.4, -0.2) is 37.7 Å². The Kier molecular flexibility index (Phi) is 10.8. The first-order valence-electron chi connectivity index (χ1n) is 15.3. The van der Waals surface area contributed by atoms with Crippen LogP contribution in [0, 0.1) is 0 Å². The molecule has 0 aromatic heterocycles. The van der Waals surface area contributed by atoms with Gasteiger partial charge in [-0.3, -0.25) is 9.69 Å². The van der Waals surface area contributed by atoms with Crippen LogP contribution < -0.4 is 4.74 Å². The Morgan fingerprint density at radius 1 is 0.933 bits per heavy atom. The second-order valence-corrected chi connectivity index (χ2v) is 11.8. The predicted molar refractivity (Wildman–Crippen MR) is 171 cm³/mol. The first-order valence-corrected chi connectivity index (χ1v) is 15.6. The molecule has 4 nitrogen and oxygen atoms in total. The van der Waals surface area contributed by atoms with Crippen molar-refractivity contribution >= 4 is 17.6 Å². The van der Waals surface area contributed by atoms with Crippen LogP contribution in [0.25, 0.3) is 0 Å². The Balaban J connectivity index is 1.36. The van der Waals surface area contributed by atoms with Crippen LogP contribution in [0.15, 0.2) is 97.1 Å². The summed E-state index contributed by atoms with van der Waals surface area (Å²) >= 11 is 6.36. The van der Waals surface area contributed by atoms with Crippen LogP contribution in [0.4, 0.5) is 13.2 Å². The lowest BCUT2D eigenvalue weighted by Gasteiger charge is -2.29. The average Bonchev–Trinajstić information content (AvgIpc) is 3.05. The van der Waals surface area contributed by atoms with E-state index in [0.717, 1.165) is 53.3 Å². The Bertz CT molecular complexity index is 1520. The number of carbonyl (C=O) groups is 1. The molecule has 45 heavy (non-hydrogen) atoms. The minimum absolute atomic E-state index is 0.00529. The maximum absolute atomic E-state index is 13.7. The molecule has 236 valence electrons. The lowest BCUT2D eigenvalue weighted by Crippen LogP contribution is -2.31. The molecule has 0 fully saturated rings. The van der Waals surface area contributed by atoms with E-state index in [1.54, 1.807) is 6.07 Å². The lowest BCUT2D eigenvalue weighted by atomic mass is 9.82. The van der Waals surface area contributed by atoms with E-state index in [1.165, 1.54) is 13.2 Å². The number of carbonyl (C=O) groups excluding carboxylic acids is 1. The lowest BCUT2D eigenvalue weighted by molar-refractivity contribution is -0.142. The highest BCUT2D eigenvalue weighted by molar-refractivity contribution is 6.32. The number of halogens is 4. The van der Waals surface area contributed by atoms with Gasteiger partial charge in [-0.15, -0.1) is 0 Å². The standard InChI is InChI=1S/C37H37ClF3NO3/c1-44-36(43)31-19-9-18-30-29(31)17-10-21-34(30)45-23-11-22-42(24-28-16-8-20-33(35(28)38)37(39,40)41)25-32(26-12-4-2-5-13-26)27-14-6-3-7-15-27/h2-8,10,12-17,20-21,31-32H,9,11,18-19,22-25H2,1H3. The highest BCUT2D eigenvalue weighted by atomic mass is 35.5. The normalized spacial score (nSPS) is 14.8. The van der Waals surface area contributed by atoms with E-state index in [1.807, 2.05) is 54.6 Å². The number of rotatable bonds is 12. The summed E-state index contributed by atoms with van der Waals surface area (Å²) in [4.78, 5) is 14.5. The molecule has 1 aliphatic carbocycles. The van der Waals surface area contributed by atoms with Gasteiger partial charge in [-0.2, -0.15) is 13.2 Å². The number of methoxy groups -OCH3 is 1. The molecule has 0 saturated heterocycles. The van der Waals surface area contributed by atoms with Crippen molar-refractivity contribution in [3.63, 3.8) is 0 Å². The topological polar surface area (TPSA) is 38.8 Å². The number of ether oxygens (including phenoxy) is 2. The van der Waals surface area contributed by atoms with Crippen molar-refractivity contribution in [2.24, 2.45) is 0 Å². The average molecular weight is 636 g/mol. The van der Waals surface area contributed by atoms with E-state index in [9.17, 15) is 18.0 Å². The minimum atomic E-state index is -4.54. The molecule has 0 N–H and O–H groups in total. The third-order valence-corrected chi connectivity index (χ3v) is 8.90. The van der Waals surface area contributed by atoms with Gasteiger partial charge < -0.3 is 9.47 Å². The first-order chi connectivity index (χ1) is 21.8. The Morgan fingerprint density at radius 2 is 1.60 bits per heavy atom. The summed E-state index contributed by atoms with van der Waals surface area (Å²) in [6.07, 6.45) is -1.45. The number of alkyl halides is 3. The molecule has 0 spiro atoms. The van der Waals surface area contributed by atoms with E-state index < -0.39 is 11.7 Å². The zero-order valence-corrected chi connectivity index (χ0v) is 26.0. The van der Waals surface area contributed by atoms with E-state index >= 15 is 0 Å². The number of hydrogen-bond donors (Lipinski definition) is 0. The molecule has 5 rings (SSSR count). The van der Waals surface area contributed by atoms with Crippen LogP contribution in [0.5, 0.6) is 5.75 Å². The monoisotopic (exact) mass is 635 g/mol. The second kappa shape index (κ2) is 15.0. The van der Waals surface area contributed by atoms with E-state index in [-0.39, 0.29) is 29.4 Å². The predicted octanol–water partition coefficient (Wildman–Crippen LogP) is 9.05. The number of nitrogens with zero attached hydrogens (tertiary/aromatic N) is 1. The van der Waals surface area contributed by atoms with Gasteiger partial charge in [0.05, 0.1) is 30.2 Å². The summed E-state index contributed by atoms with van der Waals surface area (Å²) in [5.74, 6) is 0.237. The van der Waals surface area contributed by atoms with E-state index in [2.05, 4.69) is 29.2 Å². The molecule has 1 unspecified atom stereocenters. The zero-order valence-electron chi connectivity index (χ0n) is 25.2. The van der Waals surface area contributed by atoms with Crippen LogP contribution in [-0.2, 0) is 28.7 Å². The molecular weight excluding hydrogens is 599 g/mol. The molecule has 8 heteroatoms. The van der Waals surface area contributed by atoms with Crippen molar-refractivity contribution in [3.05, 3.63) is 135 Å². The molecular formula is C37H37ClF3NO3. The maximum atomic E-state index is 13.7. The molecule has 0 amide bonds. The molecule has 1 aliphatic rings. The smallest absolute Gasteiger partial charge is 0.417 e. The largest absolute Gasteiger partial charge is 0.493 e. The Morgan fingerprint density at radius 3 is 2.24 bits per heavy atom. The fourth-order valence-corrected chi connectivity index (χ4v) is 6.53. The summed E-state index contributed by atoms with van der Waals surface area (Å²) in [5.41, 5.74) is 3.84. The fourth-order valence-electron chi connectivity index (χ4n) is 6.24. The number of esters is 1. The van der Waals surface area contributed by atoms with Crippen molar-refractivity contribution in [2.75, 3.05) is 26.8 Å². The number of benzene rings is 4. The third-order valence-electron chi connectivity index (χ3n) is 8.45. The van der Waals surface area contributed by atoms with Gasteiger partial charge in [0.1, 0.15) is 5.75 Å². The minimum Gasteiger partial charge on any atom is -0.493 e. The molecule has 1 atom stereocenters. The maximum Gasteiger partial charge on any atom is 0.417 e. The van der Waals surface area contributed by atoms with Gasteiger partial charge in [0.2, 0.25) is 0 Å². The van der Waals surface area contributed by atoms with Gasteiger partial charge in [0, 0.05) is 25.6 Å². The fraction of sp³-hybridized carbons (Fsp3) is 0.324. The Hall–Kier alpha value is -3.81. The molecule has 0 heterocycles. The quantitative estimate of drug-likeness (QED) is 0.115. The van der Waals surface area contributed by atoms with Crippen molar-refractivity contribution in [1.29, 1.82) is 0 Å². The Labute approximate surface area is 267 Å². The van der Waals surface area contributed by atoms with Crippen molar-refractivity contribution in [2.45, 2.75) is 50.2 Å². The highest BCUT2D eigenvalue weighted by Crippen LogP contribution is 2.38. The van der Waals surface area contributed by atoms with Crippen LogP contribution in [0.1, 0.15) is 64.5 Å². The summed E-state index contributed by atoms with van der Waals surface area (Å²) in [7, 11) is 1.41. The SMILES string of the molecule is COC(=O)C1CCCc2c(OCCCN(Cc3cccc(C(F)(F)F)c3Cl)CC(c3ccccc3)c3ccccc3)cccc21. The van der Waals surface area contributed by atoms with Crippen LogP contribution >= 0.6 is 11.6 Å². The van der Waals surface area contributed by atoms with Crippen molar-refractivity contribution in [3.8, 4) is 5.75 Å². The van der Waals surface area contributed by atoms with Gasteiger partial charge in [-0.1, -0.05) is 96.5 Å². The van der Waals surface area contributed by atoms with Gasteiger partial charge in [0.25, 0.3) is 0 Å². The summed E-state index contributed by atoms with van der Waals surface area (Å²) < 4.78 is 52.4. The zero-order chi connectivity index (χ0) is 31.8.